The van der Waals surface area contributed by atoms with Gasteiger partial charge in [0.2, 0.25) is 0 Å². The van der Waals surface area contributed by atoms with E-state index in [1.54, 1.807) is 12.1 Å². The summed E-state index contributed by atoms with van der Waals surface area (Å²) in [6.45, 7) is 6.35. The molecule has 2 heterocycles. The molecule has 0 bridgehead atoms. The first-order valence-electron chi connectivity index (χ1n) is 8.38. The zero-order chi connectivity index (χ0) is 16.4. The first-order chi connectivity index (χ1) is 11.0. The zero-order valence-electron chi connectivity index (χ0n) is 13.9. The largest absolute Gasteiger partial charge is 0.381 e. The predicted molar refractivity (Wildman–Crippen MR) is 91.9 cm³/mol. The number of halogens is 1. The van der Waals surface area contributed by atoms with Crippen molar-refractivity contribution in [1.82, 2.24) is 9.80 Å². The molecule has 5 heteroatoms. The monoisotopic (exact) mass is 336 g/mol. The number of piperidine rings is 1. The zero-order valence-corrected chi connectivity index (χ0v) is 14.7. The molecule has 23 heavy (non-hydrogen) atoms. The van der Waals surface area contributed by atoms with Crippen molar-refractivity contribution in [3.63, 3.8) is 0 Å². The van der Waals surface area contributed by atoms with Crippen molar-refractivity contribution < 1.29 is 9.53 Å². The second-order valence-corrected chi connectivity index (χ2v) is 7.27. The van der Waals surface area contributed by atoms with Gasteiger partial charge >= 0.3 is 0 Å². The molecule has 1 spiro atoms. The minimum Gasteiger partial charge on any atom is -0.381 e. The first kappa shape index (κ1) is 16.7. The Hall–Kier alpha value is -1.10. The molecule has 4 nitrogen and oxygen atoms in total. The normalized spacial score (nSPS) is 23.8. The van der Waals surface area contributed by atoms with Gasteiger partial charge in [0.05, 0.1) is 5.54 Å². The van der Waals surface area contributed by atoms with Crippen LogP contribution in [0.2, 0.25) is 5.02 Å². The molecule has 2 fully saturated rings. The maximum atomic E-state index is 12.6. The lowest BCUT2D eigenvalue weighted by atomic mass is 9.75. The van der Waals surface area contributed by atoms with E-state index in [-0.39, 0.29) is 11.4 Å². The van der Waals surface area contributed by atoms with Gasteiger partial charge in [-0.1, -0.05) is 17.7 Å². The standard InChI is InChI=1S/C18H25ClN2O2/c1-3-23-11-14-7-8-20(2)18(10-14)12-21(13-18)17(22)15-5-4-6-16(19)9-15/h4-6,9,14H,3,7-8,10-13H2,1-2H3/t14-/m0/s1. The molecule has 0 aliphatic carbocycles. The maximum absolute atomic E-state index is 12.6. The molecule has 1 aromatic rings. The topological polar surface area (TPSA) is 32.8 Å². The quantitative estimate of drug-likeness (QED) is 0.847. The highest BCUT2D eigenvalue weighted by atomic mass is 35.5. The Morgan fingerprint density at radius 2 is 2.22 bits per heavy atom. The molecule has 0 radical (unpaired) electrons. The summed E-state index contributed by atoms with van der Waals surface area (Å²) in [6, 6.07) is 7.21. The summed E-state index contributed by atoms with van der Waals surface area (Å²) in [7, 11) is 2.18. The van der Waals surface area contributed by atoms with E-state index in [9.17, 15) is 4.79 Å². The van der Waals surface area contributed by atoms with Crippen molar-refractivity contribution in [2.24, 2.45) is 5.92 Å². The number of benzene rings is 1. The van der Waals surface area contributed by atoms with Crippen LogP contribution in [-0.2, 0) is 4.74 Å². The summed E-state index contributed by atoms with van der Waals surface area (Å²) < 4.78 is 5.61. The second-order valence-electron chi connectivity index (χ2n) is 6.84. The Balaban J connectivity index is 1.62. The number of ether oxygens (including phenoxy) is 1. The Morgan fingerprint density at radius 1 is 1.43 bits per heavy atom. The van der Waals surface area contributed by atoms with Crippen molar-refractivity contribution in [2.45, 2.75) is 25.3 Å². The van der Waals surface area contributed by atoms with Gasteiger partial charge in [0.15, 0.2) is 0 Å². The van der Waals surface area contributed by atoms with Crippen LogP contribution in [0, 0.1) is 5.92 Å². The lowest BCUT2D eigenvalue weighted by molar-refractivity contribution is -0.0751. The molecular formula is C18H25ClN2O2. The minimum absolute atomic E-state index is 0.0819. The molecular weight excluding hydrogens is 312 g/mol. The van der Waals surface area contributed by atoms with Gasteiger partial charge in [-0.25, -0.2) is 0 Å². The average molecular weight is 337 g/mol. The second kappa shape index (κ2) is 6.80. The van der Waals surface area contributed by atoms with Crippen molar-refractivity contribution in [3.05, 3.63) is 34.9 Å². The highest BCUT2D eigenvalue weighted by molar-refractivity contribution is 6.30. The van der Waals surface area contributed by atoms with Gasteiger partial charge in [-0.05, 0) is 57.5 Å². The highest BCUT2D eigenvalue weighted by Gasteiger charge is 2.50. The van der Waals surface area contributed by atoms with E-state index in [1.807, 2.05) is 24.0 Å². The van der Waals surface area contributed by atoms with E-state index in [1.165, 1.54) is 6.42 Å². The number of carbonyl (C=O) groups is 1. The average Bonchev–Trinajstić information content (AvgIpc) is 2.51. The number of carbonyl (C=O) groups excluding carboxylic acids is 1. The first-order valence-corrected chi connectivity index (χ1v) is 8.76. The van der Waals surface area contributed by atoms with E-state index in [0.717, 1.165) is 39.3 Å². The van der Waals surface area contributed by atoms with Gasteiger partial charge in [0, 0.05) is 36.9 Å². The van der Waals surface area contributed by atoms with Crippen LogP contribution in [0.5, 0.6) is 0 Å². The van der Waals surface area contributed by atoms with Crippen LogP contribution >= 0.6 is 11.6 Å². The van der Waals surface area contributed by atoms with Crippen molar-refractivity contribution in [1.29, 1.82) is 0 Å². The van der Waals surface area contributed by atoms with Crippen LogP contribution < -0.4 is 0 Å². The smallest absolute Gasteiger partial charge is 0.254 e. The molecule has 2 aliphatic rings. The van der Waals surface area contributed by atoms with Crippen LogP contribution in [0.15, 0.2) is 24.3 Å². The van der Waals surface area contributed by atoms with Gasteiger partial charge in [-0.2, -0.15) is 0 Å². The molecule has 3 rings (SSSR count). The minimum atomic E-state index is 0.0819. The fraction of sp³-hybridized carbons (Fsp3) is 0.611. The maximum Gasteiger partial charge on any atom is 0.254 e. The molecule has 2 aliphatic heterocycles. The molecule has 0 unspecified atom stereocenters. The Labute approximate surface area is 143 Å². The SMILES string of the molecule is CCOC[C@H]1CCN(C)C2(C1)CN(C(=O)c1cccc(Cl)c1)C2. The predicted octanol–water partition coefficient (Wildman–Crippen LogP) is 2.91. The van der Waals surface area contributed by atoms with Gasteiger partial charge < -0.3 is 9.64 Å². The summed E-state index contributed by atoms with van der Waals surface area (Å²) in [4.78, 5) is 17.0. The van der Waals surface area contributed by atoms with Gasteiger partial charge in [-0.15, -0.1) is 0 Å². The van der Waals surface area contributed by atoms with Gasteiger partial charge in [0.25, 0.3) is 5.91 Å². The number of hydrogen-bond acceptors (Lipinski definition) is 3. The molecule has 1 amide bonds. The summed E-state index contributed by atoms with van der Waals surface area (Å²) in [5.74, 6) is 0.688. The van der Waals surface area contributed by atoms with E-state index in [2.05, 4.69) is 11.9 Å². The molecule has 2 saturated heterocycles. The molecule has 126 valence electrons. The fourth-order valence-electron chi connectivity index (χ4n) is 3.82. The summed E-state index contributed by atoms with van der Waals surface area (Å²) in [5.41, 5.74) is 0.811. The number of likely N-dealkylation sites (tertiary alicyclic amines) is 2. The Kier molecular flexibility index (Phi) is 4.95. The van der Waals surface area contributed by atoms with Gasteiger partial charge in [-0.3, -0.25) is 9.69 Å². The fourth-order valence-corrected chi connectivity index (χ4v) is 4.01. The van der Waals surface area contributed by atoms with Crippen LogP contribution in [-0.4, -0.2) is 61.1 Å². The number of hydrogen-bond donors (Lipinski definition) is 0. The third kappa shape index (κ3) is 3.39. The van der Waals surface area contributed by atoms with Crippen LogP contribution in [0.1, 0.15) is 30.1 Å². The lowest BCUT2D eigenvalue weighted by Crippen LogP contribution is -2.72. The van der Waals surface area contributed by atoms with Crippen LogP contribution in [0.3, 0.4) is 0 Å². The van der Waals surface area contributed by atoms with Crippen molar-refractivity contribution in [3.8, 4) is 0 Å². The van der Waals surface area contributed by atoms with Crippen molar-refractivity contribution >= 4 is 17.5 Å². The van der Waals surface area contributed by atoms with Crippen LogP contribution in [0.25, 0.3) is 0 Å². The van der Waals surface area contributed by atoms with Crippen molar-refractivity contribution in [2.75, 3.05) is 39.9 Å². The number of likely N-dealkylation sites (N-methyl/N-ethyl adjacent to an activating group) is 1. The number of nitrogens with zero attached hydrogens (tertiary/aromatic N) is 2. The van der Waals surface area contributed by atoms with E-state index >= 15 is 0 Å². The molecule has 1 atom stereocenters. The summed E-state index contributed by atoms with van der Waals surface area (Å²) in [5, 5.41) is 0.609. The third-order valence-corrected chi connectivity index (χ3v) is 5.47. The van der Waals surface area contributed by atoms with E-state index in [0.29, 0.717) is 16.5 Å². The number of rotatable bonds is 4. The Morgan fingerprint density at radius 3 is 2.91 bits per heavy atom. The van der Waals surface area contributed by atoms with Gasteiger partial charge in [0.1, 0.15) is 0 Å². The van der Waals surface area contributed by atoms with E-state index in [4.69, 9.17) is 16.3 Å². The lowest BCUT2D eigenvalue weighted by Gasteiger charge is -2.58. The third-order valence-electron chi connectivity index (χ3n) is 5.24. The molecule has 0 aromatic heterocycles. The summed E-state index contributed by atoms with van der Waals surface area (Å²) in [6.07, 6.45) is 2.29. The Bertz CT molecular complexity index is 570. The van der Waals surface area contributed by atoms with Crippen LogP contribution in [0.4, 0.5) is 0 Å². The molecule has 1 aromatic carbocycles. The summed E-state index contributed by atoms with van der Waals surface area (Å²) >= 11 is 5.99. The number of amides is 1. The molecule has 0 saturated carbocycles. The molecule has 0 N–H and O–H groups in total. The highest BCUT2D eigenvalue weighted by Crippen LogP contribution is 2.39. The van der Waals surface area contributed by atoms with E-state index < -0.39 is 0 Å².